The fraction of sp³-hybridized carbons (Fsp3) is 0.158. The van der Waals surface area contributed by atoms with Crippen LogP contribution in [0.15, 0.2) is 176 Å². The fourth-order valence-corrected chi connectivity index (χ4v) is 9.54. The molecule has 0 N–H and O–H groups in total. The molecule has 3 heterocycles. The highest BCUT2D eigenvalue weighted by atomic mass is 16.5. The van der Waals surface area contributed by atoms with Crippen molar-refractivity contribution in [1.29, 1.82) is 0 Å². The fourth-order valence-electron chi connectivity index (χ4n) is 9.54. The maximum absolute atomic E-state index is 9.03. The smallest absolute Gasteiger partial charge is 0.269 e. The van der Waals surface area contributed by atoms with Gasteiger partial charge in [0.15, 0.2) is 0 Å². The molecule has 5 heteroatoms. The van der Waals surface area contributed by atoms with Crippen LogP contribution in [0.25, 0.3) is 72.3 Å². The molecular weight excluding hydrogens is 757 g/mol. The number of fused-ring (bicyclic) bond motifs is 5. The van der Waals surface area contributed by atoms with E-state index in [1.165, 1.54) is 11.1 Å². The second kappa shape index (κ2) is 14.5. The Labute approximate surface area is 377 Å². The molecule has 1 aliphatic carbocycles. The zero-order valence-electron chi connectivity index (χ0n) is 45.1. The van der Waals surface area contributed by atoms with E-state index in [2.05, 4.69) is 88.1 Å². The third kappa shape index (κ3) is 6.14. The van der Waals surface area contributed by atoms with Crippen molar-refractivity contribution >= 4 is 32.8 Å². The van der Waals surface area contributed by atoms with Crippen molar-refractivity contribution in [3.8, 4) is 50.9 Å². The Morgan fingerprint density at radius 1 is 0.645 bits per heavy atom. The molecule has 0 spiro atoms. The van der Waals surface area contributed by atoms with E-state index in [4.69, 9.17) is 23.4 Å². The summed E-state index contributed by atoms with van der Waals surface area (Å²) in [5, 5.41) is 2.17. The molecule has 0 fully saturated rings. The van der Waals surface area contributed by atoms with Crippen molar-refractivity contribution in [2.45, 2.75) is 58.3 Å². The van der Waals surface area contributed by atoms with Gasteiger partial charge < -0.3 is 4.74 Å². The van der Waals surface area contributed by atoms with E-state index in [1.807, 2.05) is 54.6 Å². The second-order valence-electron chi connectivity index (χ2n) is 17.4. The summed E-state index contributed by atoms with van der Waals surface area (Å²) < 4.78 is 99.6. The summed E-state index contributed by atoms with van der Waals surface area (Å²) in [6, 6.07) is 29.0. The lowest BCUT2D eigenvalue weighted by atomic mass is 9.62. The molecule has 0 amide bonds. The number of hydrogen-bond donors (Lipinski definition) is 0. The molecule has 0 bridgehead atoms. The minimum atomic E-state index is -0.563. The first kappa shape index (κ1) is 28.3. The van der Waals surface area contributed by atoms with E-state index in [0.29, 0.717) is 28.2 Å². The number of ether oxygens (including phenoxy) is 1. The predicted molar refractivity (Wildman–Crippen MR) is 253 cm³/mol. The van der Waals surface area contributed by atoms with Gasteiger partial charge in [-0.15, -0.1) is 0 Å². The average Bonchev–Trinajstić information content (AvgIpc) is 3.91. The Bertz CT molecular complexity index is 3800. The molecule has 3 aromatic heterocycles. The average molecular weight is 815 g/mol. The van der Waals surface area contributed by atoms with Crippen LogP contribution in [0.2, 0.25) is 0 Å². The maximum atomic E-state index is 9.03. The first-order valence-electron chi connectivity index (χ1n) is 25.9. The van der Waals surface area contributed by atoms with Crippen LogP contribution < -0.4 is 9.30 Å². The zero-order chi connectivity index (χ0) is 50.9. The normalized spacial score (nSPS) is 16.6. The molecule has 11 rings (SSSR count). The van der Waals surface area contributed by atoms with E-state index >= 15 is 0 Å². The maximum Gasteiger partial charge on any atom is 0.269 e. The lowest BCUT2D eigenvalue weighted by molar-refractivity contribution is -0.571. The van der Waals surface area contributed by atoms with Gasteiger partial charge in [-0.05, 0) is 106 Å². The van der Waals surface area contributed by atoms with Gasteiger partial charge in [0.2, 0.25) is 0 Å². The summed E-state index contributed by atoms with van der Waals surface area (Å²) >= 11 is 0. The lowest BCUT2D eigenvalue weighted by Crippen LogP contribution is -2.35. The topological polar surface area (TPSA) is 35.9 Å². The number of para-hydroxylation sites is 4. The molecule has 7 aromatic carbocycles. The summed E-state index contributed by atoms with van der Waals surface area (Å²) in [6.45, 7) is 11.5. The van der Waals surface area contributed by atoms with Gasteiger partial charge in [-0.25, -0.2) is 4.98 Å². The summed E-state index contributed by atoms with van der Waals surface area (Å²) in [5.41, 5.74) is 7.94. The van der Waals surface area contributed by atoms with Gasteiger partial charge in [0.25, 0.3) is 6.33 Å². The van der Waals surface area contributed by atoms with Gasteiger partial charge in [-0.2, -0.15) is 0 Å². The molecule has 0 saturated heterocycles. The minimum Gasteiger partial charge on any atom is -0.458 e. The Hall–Kier alpha value is -7.24. The predicted octanol–water partition coefficient (Wildman–Crippen LogP) is 14.0. The van der Waals surface area contributed by atoms with Crippen molar-refractivity contribution in [2.24, 2.45) is 0 Å². The van der Waals surface area contributed by atoms with Crippen molar-refractivity contribution in [2.75, 3.05) is 0 Å². The van der Waals surface area contributed by atoms with Crippen molar-refractivity contribution < 1.29 is 23.0 Å². The van der Waals surface area contributed by atoms with Crippen LogP contribution in [0.4, 0.5) is 0 Å². The van der Waals surface area contributed by atoms with Crippen LogP contribution in [-0.4, -0.2) is 14.1 Å². The summed E-state index contributed by atoms with van der Waals surface area (Å²) in [7, 11) is 0. The van der Waals surface area contributed by atoms with Crippen LogP contribution in [0.5, 0.6) is 11.5 Å². The first-order valence-corrected chi connectivity index (χ1v) is 20.9. The number of aromatic nitrogens is 4. The van der Waals surface area contributed by atoms with Crippen LogP contribution in [0.3, 0.4) is 0 Å². The summed E-state index contributed by atoms with van der Waals surface area (Å²) in [6.07, 6.45) is 7.71. The molecular formula is C57H48N4O. The third-order valence-corrected chi connectivity index (χ3v) is 12.6. The molecule has 0 saturated carbocycles. The van der Waals surface area contributed by atoms with Crippen molar-refractivity contribution in [1.82, 2.24) is 14.1 Å². The zero-order valence-corrected chi connectivity index (χ0v) is 35.1. The Balaban J connectivity index is 1.07. The third-order valence-electron chi connectivity index (χ3n) is 12.6. The Kier molecular flexibility index (Phi) is 6.60. The van der Waals surface area contributed by atoms with Gasteiger partial charge in [-0.1, -0.05) is 155 Å². The van der Waals surface area contributed by atoms with Gasteiger partial charge in [0.1, 0.15) is 17.3 Å². The van der Waals surface area contributed by atoms with Gasteiger partial charge in [-0.3, -0.25) is 13.7 Å². The largest absolute Gasteiger partial charge is 0.458 e. The quantitative estimate of drug-likeness (QED) is 0.119. The van der Waals surface area contributed by atoms with Crippen molar-refractivity contribution in [3.05, 3.63) is 199 Å². The summed E-state index contributed by atoms with van der Waals surface area (Å²) in [5.74, 6) is 2.02. The Morgan fingerprint density at radius 2 is 1.27 bits per heavy atom. The van der Waals surface area contributed by atoms with Gasteiger partial charge in [0, 0.05) is 23.0 Å². The second-order valence-corrected chi connectivity index (χ2v) is 17.4. The lowest BCUT2D eigenvalue weighted by Gasteiger charge is -2.42. The first-order chi connectivity index (χ1) is 34.3. The highest BCUT2D eigenvalue weighted by Crippen LogP contribution is 2.48. The molecule has 1 aliphatic rings. The van der Waals surface area contributed by atoms with Crippen LogP contribution >= 0.6 is 0 Å². The number of nitrogens with zero attached hydrogens (tertiary/aromatic N) is 4. The molecule has 62 heavy (non-hydrogen) atoms. The number of imidazole rings is 1. The van der Waals surface area contributed by atoms with Crippen LogP contribution in [0.1, 0.15) is 70.9 Å². The van der Waals surface area contributed by atoms with Gasteiger partial charge >= 0.3 is 0 Å². The monoisotopic (exact) mass is 814 g/mol. The number of hydrogen-bond acceptors (Lipinski definition) is 2. The van der Waals surface area contributed by atoms with E-state index in [0.717, 1.165) is 46.0 Å². The van der Waals surface area contributed by atoms with E-state index in [1.54, 1.807) is 27.3 Å². The molecule has 0 aliphatic heterocycles. The van der Waals surface area contributed by atoms with Crippen LogP contribution in [-0.2, 0) is 10.8 Å². The molecule has 302 valence electrons. The number of pyridine rings is 1. The van der Waals surface area contributed by atoms with Crippen LogP contribution in [0, 0.1) is 13.3 Å². The highest BCUT2D eigenvalue weighted by Gasteiger charge is 2.39. The number of benzene rings is 7. The molecule has 10 aromatic rings. The van der Waals surface area contributed by atoms with E-state index in [-0.39, 0.29) is 38.8 Å². The minimum absolute atomic E-state index is 0.0121. The van der Waals surface area contributed by atoms with Crippen molar-refractivity contribution in [3.63, 3.8) is 0 Å². The summed E-state index contributed by atoms with van der Waals surface area (Å²) in [4.78, 5) is 5.22. The molecule has 0 unspecified atom stereocenters. The molecule has 0 atom stereocenters. The molecule has 5 nitrogen and oxygen atoms in total. The standard InChI is InChI=1S/C57H48N4O/c1-38-53-48(56(2,3)32-33-57(53,4)5)36-58-55(38)61-49-27-13-12-24-46(49)47-31-30-43(35-52(47)61)62-42-23-16-22-41(34-42)59-37-60(51-29-15-14-28-50(51)59)54-44(39-18-8-6-9-19-39)25-17-26-45(54)40-20-10-7-11-21-40/h6-31,34-36H,32-33H2,1-5H3/i6D,7D,8D,9D,10D,11D,18D,19D,20D,21D. The SMILES string of the molecule is [2H]c1c([2H])c([2H])c(-c2cccc(-c3c([2H])c([2H])c([2H])c([2H])c3[2H])c2-[n+]2[c-]n(-c3cccc(Oc4ccc5c6ccccc6n(-c6ncc7c(c6C)C(C)(C)CCC7(C)C)c5c4)c3)c3ccccc32)c([2H])c1[2H]. The molecule has 0 radical (unpaired) electrons. The van der Waals surface area contributed by atoms with E-state index in [9.17, 15) is 0 Å². The highest BCUT2D eigenvalue weighted by molar-refractivity contribution is 6.09. The Morgan fingerprint density at radius 3 is 2.02 bits per heavy atom. The van der Waals surface area contributed by atoms with E-state index < -0.39 is 60.4 Å². The number of rotatable bonds is 7. The van der Waals surface area contributed by atoms with Gasteiger partial charge in [0.05, 0.1) is 47.1 Å².